The zero-order chi connectivity index (χ0) is 16.4. The summed E-state index contributed by atoms with van der Waals surface area (Å²) in [6.45, 7) is 4.53. The number of aromatic nitrogens is 2. The number of benzene rings is 2. The lowest BCUT2D eigenvalue weighted by Crippen LogP contribution is -2.22. The molecule has 0 saturated heterocycles. The Bertz CT molecular complexity index is 837. The second-order valence-corrected chi connectivity index (χ2v) is 5.76. The summed E-state index contributed by atoms with van der Waals surface area (Å²) in [7, 11) is 0. The Morgan fingerprint density at radius 3 is 2.65 bits per heavy atom. The minimum Gasteiger partial charge on any atom is -0.348 e. The predicted octanol–water partition coefficient (Wildman–Crippen LogP) is 3.69. The first-order valence-electron chi connectivity index (χ1n) is 7.54. The van der Waals surface area contributed by atoms with E-state index < -0.39 is 0 Å². The Morgan fingerprint density at radius 2 is 1.96 bits per heavy atom. The van der Waals surface area contributed by atoms with Gasteiger partial charge in [0, 0.05) is 18.2 Å². The largest absolute Gasteiger partial charge is 0.348 e. The number of halogens is 1. The van der Waals surface area contributed by atoms with Crippen LogP contribution in [0.2, 0.25) is 0 Å². The zero-order valence-electron chi connectivity index (χ0n) is 13.1. The van der Waals surface area contributed by atoms with Gasteiger partial charge in [-0.25, -0.2) is 9.37 Å². The van der Waals surface area contributed by atoms with Gasteiger partial charge in [-0.1, -0.05) is 12.1 Å². The third-order valence-corrected chi connectivity index (χ3v) is 3.76. The van der Waals surface area contributed by atoms with E-state index in [9.17, 15) is 9.18 Å². The topological polar surface area (TPSA) is 46.9 Å². The summed E-state index contributed by atoms with van der Waals surface area (Å²) >= 11 is 0. The smallest absolute Gasteiger partial charge is 0.251 e. The van der Waals surface area contributed by atoms with Gasteiger partial charge >= 0.3 is 0 Å². The first-order valence-corrected chi connectivity index (χ1v) is 7.54. The molecule has 0 radical (unpaired) electrons. The highest BCUT2D eigenvalue weighted by molar-refractivity contribution is 5.97. The quantitative estimate of drug-likeness (QED) is 0.799. The van der Waals surface area contributed by atoms with Crippen LogP contribution in [-0.2, 0) is 6.54 Å². The van der Waals surface area contributed by atoms with E-state index in [1.54, 1.807) is 30.6 Å². The fourth-order valence-electron chi connectivity index (χ4n) is 2.47. The van der Waals surface area contributed by atoms with Crippen LogP contribution in [0, 0.1) is 5.82 Å². The van der Waals surface area contributed by atoms with Gasteiger partial charge in [0.15, 0.2) is 0 Å². The van der Waals surface area contributed by atoms with E-state index in [1.807, 2.05) is 6.07 Å². The SMILES string of the molecule is CC(C)n1cnc2cc(C(=O)NCc3ccc(F)cc3)ccc21. The van der Waals surface area contributed by atoms with E-state index in [1.165, 1.54) is 12.1 Å². The maximum atomic E-state index is 12.9. The molecule has 1 heterocycles. The van der Waals surface area contributed by atoms with Crippen molar-refractivity contribution in [3.05, 3.63) is 65.7 Å². The van der Waals surface area contributed by atoms with Crippen molar-refractivity contribution in [2.75, 3.05) is 0 Å². The fourth-order valence-corrected chi connectivity index (χ4v) is 2.47. The van der Waals surface area contributed by atoms with E-state index in [-0.39, 0.29) is 11.7 Å². The number of rotatable bonds is 4. The van der Waals surface area contributed by atoms with Crippen LogP contribution in [0.25, 0.3) is 11.0 Å². The monoisotopic (exact) mass is 311 g/mol. The van der Waals surface area contributed by atoms with Crippen molar-refractivity contribution in [2.24, 2.45) is 0 Å². The maximum absolute atomic E-state index is 12.9. The first-order chi connectivity index (χ1) is 11.0. The average molecular weight is 311 g/mol. The van der Waals surface area contributed by atoms with E-state index >= 15 is 0 Å². The molecule has 5 heteroatoms. The Hall–Kier alpha value is -2.69. The number of nitrogens with zero attached hydrogens (tertiary/aromatic N) is 2. The lowest BCUT2D eigenvalue weighted by atomic mass is 10.1. The molecule has 1 amide bonds. The molecular weight excluding hydrogens is 293 g/mol. The molecule has 0 aliphatic carbocycles. The molecule has 23 heavy (non-hydrogen) atoms. The Labute approximate surface area is 134 Å². The molecule has 0 atom stereocenters. The fraction of sp³-hybridized carbons (Fsp3) is 0.222. The number of hydrogen-bond acceptors (Lipinski definition) is 2. The summed E-state index contributed by atoms with van der Waals surface area (Å²) in [5, 5.41) is 2.83. The van der Waals surface area contributed by atoms with Gasteiger partial charge in [0.25, 0.3) is 5.91 Å². The van der Waals surface area contributed by atoms with Crippen LogP contribution in [0.15, 0.2) is 48.8 Å². The molecular formula is C18H18FN3O. The Morgan fingerprint density at radius 1 is 1.22 bits per heavy atom. The summed E-state index contributed by atoms with van der Waals surface area (Å²) in [4.78, 5) is 16.6. The van der Waals surface area contributed by atoms with Gasteiger partial charge in [0.1, 0.15) is 5.82 Å². The number of carbonyl (C=O) groups is 1. The number of nitrogens with one attached hydrogen (secondary N) is 1. The predicted molar refractivity (Wildman–Crippen MR) is 87.7 cm³/mol. The van der Waals surface area contributed by atoms with Crippen molar-refractivity contribution >= 4 is 16.9 Å². The number of hydrogen-bond donors (Lipinski definition) is 1. The molecule has 3 rings (SSSR count). The van der Waals surface area contributed by atoms with E-state index in [2.05, 4.69) is 28.7 Å². The van der Waals surface area contributed by atoms with Gasteiger partial charge < -0.3 is 9.88 Å². The molecule has 0 unspecified atom stereocenters. The average Bonchev–Trinajstić information content (AvgIpc) is 2.97. The minimum absolute atomic E-state index is 0.171. The van der Waals surface area contributed by atoms with Crippen molar-refractivity contribution < 1.29 is 9.18 Å². The van der Waals surface area contributed by atoms with E-state index in [0.29, 0.717) is 18.2 Å². The second kappa shape index (κ2) is 6.20. The molecule has 0 saturated carbocycles. The number of imidazole rings is 1. The van der Waals surface area contributed by atoms with Crippen LogP contribution in [0.3, 0.4) is 0 Å². The van der Waals surface area contributed by atoms with Crippen LogP contribution in [-0.4, -0.2) is 15.5 Å². The van der Waals surface area contributed by atoms with Crippen molar-refractivity contribution in [3.8, 4) is 0 Å². The summed E-state index contributed by atoms with van der Waals surface area (Å²) in [6, 6.07) is 11.9. The molecule has 0 aliphatic heterocycles. The second-order valence-electron chi connectivity index (χ2n) is 5.76. The van der Waals surface area contributed by atoms with Crippen molar-refractivity contribution in [2.45, 2.75) is 26.4 Å². The highest BCUT2D eigenvalue weighted by Crippen LogP contribution is 2.18. The van der Waals surface area contributed by atoms with Crippen LogP contribution in [0.5, 0.6) is 0 Å². The molecule has 0 fully saturated rings. The van der Waals surface area contributed by atoms with Gasteiger partial charge in [0.05, 0.1) is 17.4 Å². The molecule has 1 N–H and O–H groups in total. The molecule has 1 aromatic heterocycles. The number of fused-ring (bicyclic) bond motifs is 1. The standard InChI is InChI=1S/C18H18FN3O/c1-12(2)22-11-21-16-9-14(5-8-17(16)22)18(23)20-10-13-3-6-15(19)7-4-13/h3-9,11-12H,10H2,1-2H3,(H,20,23). The lowest BCUT2D eigenvalue weighted by molar-refractivity contribution is 0.0951. The van der Waals surface area contributed by atoms with Crippen molar-refractivity contribution in [1.29, 1.82) is 0 Å². The van der Waals surface area contributed by atoms with Gasteiger partial charge in [-0.05, 0) is 49.7 Å². The van der Waals surface area contributed by atoms with Gasteiger partial charge in [0.2, 0.25) is 0 Å². The highest BCUT2D eigenvalue weighted by Gasteiger charge is 2.10. The minimum atomic E-state index is -0.286. The van der Waals surface area contributed by atoms with Gasteiger partial charge in [-0.2, -0.15) is 0 Å². The van der Waals surface area contributed by atoms with E-state index in [4.69, 9.17) is 0 Å². The number of carbonyl (C=O) groups excluding carboxylic acids is 1. The van der Waals surface area contributed by atoms with Crippen molar-refractivity contribution in [3.63, 3.8) is 0 Å². The summed E-state index contributed by atoms with van der Waals surface area (Å²) < 4.78 is 14.9. The van der Waals surface area contributed by atoms with Crippen LogP contribution in [0.4, 0.5) is 4.39 Å². The zero-order valence-corrected chi connectivity index (χ0v) is 13.1. The highest BCUT2D eigenvalue weighted by atomic mass is 19.1. The molecule has 0 aliphatic rings. The molecule has 4 nitrogen and oxygen atoms in total. The third kappa shape index (κ3) is 3.23. The summed E-state index contributed by atoms with van der Waals surface area (Å²) in [5.41, 5.74) is 3.22. The lowest BCUT2D eigenvalue weighted by Gasteiger charge is -2.08. The summed E-state index contributed by atoms with van der Waals surface area (Å²) in [6.07, 6.45) is 1.79. The van der Waals surface area contributed by atoms with Crippen LogP contribution >= 0.6 is 0 Å². The van der Waals surface area contributed by atoms with Gasteiger partial charge in [-0.15, -0.1) is 0 Å². The molecule has 0 spiro atoms. The Balaban J connectivity index is 1.74. The molecule has 3 aromatic rings. The Kier molecular flexibility index (Phi) is 4.10. The number of amides is 1. The van der Waals surface area contributed by atoms with Crippen LogP contribution < -0.4 is 5.32 Å². The van der Waals surface area contributed by atoms with Crippen molar-refractivity contribution in [1.82, 2.24) is 14.9 Å². The maximum Gasteiger partial charge on any atom is 0.251 e. The molecule has 0 bridgehead atoms. The third-order valence-electron chi connectivity index (χ3n) is 3.76. The first kappa shape index (κ1) is 15.2. The van der Waals surface area contributed by atoms with Gasteiger partial charge in [-0.3, -0.25) is 4.79 Å². The summed E-state index contributed by atoms with van der Waals surface area (Å²) in [5.74, 6) is -0.457. The molecule has 2 aromatic carbocycles. The normalized spacial score (nSPS) is 11.1. The van der Waals surface area contributed by atoms with Crippen LogP contribution in [0.1, 0.15) is 35.8 Å². The molecule has 118 valence electrons. The van der Waals surface area contributed by atoms with E-state index in [0.717, 1.165) is 16.6 Å².